The SMILES string of the molecule is [2H]C([2H])([2H])[C@]([2H])(N[S+]([O-])C(C)(C)C)c1ccnc(Br)c1. The Kier molecular flexibility index (Phi) is 3.06. The van der Waals surface area contributed by atoms with Gasteiger partial charge in [0, 0.05) is 21.7 Å². The van der Waals surface area contributed by atoms with Crippen molar-refractivity contribution in [2.24, 2.45) is 0 Å². The predicted molar refractivity (Wildman–Crippen MR) is 71.4 cm³/mol. The lowest BCUT2D eigenvalue weighted by molar-refractivity contribution is 0.531. The third-order valence-electron chi connectivity index (χ3n) is 1.77. The van der Waals surface area contributed by atoms with Crippen LogP contribution in [-0.2, 0) is 11.4 Å². The Morgan fingerprint density at radius 3 is 2.88 bits per heavy atom. The van der Waals surface area contributed by atoms with Crippen LogP contribution in [0.2, 0.25) is 0 Å². The Morgan fingerprint density at radius 2 is 2.38 bits per heavy atom. The van der Waals surface area contributed by atoms with E-state index in [-0.39, 0.29) is 5.56 Å². The van der Waals surface area contributed by atoms with E-state index in [1.54, 1.807) is 20.8 Å². The third kappa shape index (κ3) is 4.05. The average Bonchev–Trinajstić information content (AvgIpc) is 2.25. The maximum atomic E-state index is 12.2. The topological polar surface area (TPSA) is 48.0 Å². The molecule has 5 heteroatoms. The van der Waals surface area contributed by atoms with E-state index in [1.807, 2.05) is 0 Å². The normalized spacial score (nSPS) is 22.3. The molecular formula is C11H17BrN2OS. The first-order valence-electron chi connectivity index (χ1n) is 6.70. The van der Waals surface area contributed by atoms with Crippen molar-refractivity contribution in [3.63, 3.8) is 0 Å². The Balaban J connectivity index is 3.25. The van der Waals surface area contributed by atoms with Gasteiger partial charge in [-0.1, -0.05) is 0 Å². The highest BCUT2D eigenvalue weighted by molar-refractivity contribution is 9.10. The molecule has 0 aliphatic carbocycles. The van der Waals surface area contributed by atoms with Crippen LogP contribution in [0.15, 0.2) is 22.9 Å². The summed E-state index contributed by atoms with van der Waals surface area (Å²) < 4.78 is 45.5. The van der Waals surface area contributed by atoms with Crippen LogP contribution in [0.3, 0.4) is 0 Å². The molecule has 1 aromatic heterocycles. The lowest BCUT2D eigenvalue weighted by Crippen LogP contribution is -2.40. The highest BCUT2D eigenvalue weighted by Crippen LogP contribution is 2.20. The molecule has 1 unspecified atom stereocenters. The molecule has 0 saturated heterocycles. The van der Waals surface area contributed by atoms with Crippen molar-refractivity contribution in [3.05, 3.63) is 28.5 Å². The number of nitrogens with one attached hydrogen (secondary N) is 1. The summed E-state index contributed by atoms with van der Waals surface area (Å²) in [5.74, 6) is 0. The smallest absolute Gasteiger partial charge is 0.136 e. The predicted octanol–water partition coefficient (Wildman–Crippen LogP) is 2.96. The maximum Gasteiger partial charge on any atom is 0.136 e. The number of aromatic nitrogens is 1. The lowest BCUT2D eigenvalue weighted by Gasteiger charge is -2.26. The number of pyridine rings is 1. The van der Waals surface area contributed by atoms with Crippen LogP contribution in [0, 0.1) is 0 Å². The molecule has 1 heterocycles. The molecule has 1 rings (SSSR count). The molecule has 16 heavy (non-hydrogen) atoms. The van der Waals surface area contributed by atoms with Gasteiger partial charge in [-0.2, -0.15) is 0 Å². The summed E-state index contributed by atoms with van der Waals surface area (Å²) in [4.78, 5) is 3.91. The molecule has 0 fully saturated rings. The summed E-state index contributed by atoms with van der Waals surface area (Å²) in [5, 5.41) is 0. The standard InChI is InChI=1S/C11H17BrN2OS/c1-8(14-16(15)11(2,3)4)9-5-6-13-10(12)7-9/h5-8,14H,1-4H3/t8-,16?/m0/s1/i1D3,8D. The van der Waals surface area contributed by atoms with E-state index in [2.05, 4.69) is 25.6 Å². The first kappa shape index (κ1) is 8.91. The van der Waals surface area contributed by atoms with Crippen LogP contribution in [0.25, 0.3) is 0 Å². The van der Waals surface area contributed by atoms with Crippen LogP contribution in [0.4, 0.5) is 0 Å². The molecular weight excluding hydrogens is 288 g/mol. The monoisotopic (exact) mass is 308 g/mol. The second kappa shape index (κ2) is 5.49. The van der Waals surface area contributed by atoms with Crippen LogP contribution in [0.5, 0.6) is 0 Å². The summed E-state index contributed by atoms with van der Waals surface area (Å²) >= 11 is 1.45. The zero-order valence-electron chi connectivity index (χ0n) is 13.4. The van der Waals surface area contributed by atoms with Gasteiger partial charge in [-0.05, 0) is 61.2 Å². The fraction of sp³-hybridized carbons (Fsp3) is 0.545. The lowest BCUT2D eigenvalue weighted by atomic mass is 10.1. The van der Waals surface area contributed by atoms with E-state index < -0.39 is 29.0 Å². The fourth-order valence-electron chi connectivity index (χ4n) is 0.863. The number of halogens is 1. The van der Waals surface area contributed by atoms with Crippen LogP contribution in [0.1, 0.15) is 44.7 Å². The van der Waals surface area contributed by atoms with Gasteiger partial charge in [0.15, 0.2) is 0 Å². The van der Waals surface area contributed by atoms with E-state index >= 15 is 0 Å². The van der Waals surface area contributed by atoms with Gasteiger partial charge in [-0.3, -0.25) is 0 Å². The largest absolute Gasteiger partial charge is 0.598 e. The molecule has 0 aliphatic heterocycles. The highest BCUT2D eigenvalue weighted by atomic mass is 79.9. The number of hydrogen-bond acceptors (Lipinski definition) is 3. The second-order valence-corrected chi connectivity index (χ2v) is 7.00. The number of rotatable bonds is 3. The van der Waals surface area contributed by atoms with Gasteiger partial charge < -0.3 is 4.55 Å². The van der Waals surface area contributed by atoms with Gasteiger partial charge in [-0.25, -0.2) is 4.98 Å². The summed E-state index contributed by atoms with van der Waals surface area (Å²) in [6.07, 6.45) is 1.40. The Labute approximate surface area is 114 Å². The minimum atomic E-state index is -2.69. The molecule has 0 radical (unpaired) electrons. The van der Waals surface area contributed by atoms with Crippen molar-refractivity contribution < 1.29 is 10.0 Å². The third-order valence-corrected chi connectivity index (χ3v) is 3.70. The van der Waals surface area contributed by atoms with Crippen molar-refractivity contribution in [3.8, 4) is 0 Å². The first-order valence-corrected chi connectivity index (χ1v) is 6.64. The van der Waals surface area contributed by atoms with Crippen molar-refractivity contribution in [2.75, 3.05) is 0 Å². The fourth-order valence-corrected chi connectivity index (χ4v) is 1.84. The van der Waals surface area contributed by atoms with Crippen molar-refractivity contribution in [2.45, 2.75) is 38.4 Å². The second-order valence-electron chi connectivity index (χ2n) is 4.23. The summed E-state index contributed by atoms with van der Waals surface area (Å²) in [5.41, 5.74) is 0.178. The van der Waals surface area contributed by atoms with Crippen molar-refractivity contribution in [1.82, 2.24) is 9.71 Å². The Morgan fingerprint density at radius 1 is 1.69 bits per heavy atom. The molecule has 0 spiro atoms. The van der Waals surface area contributed by atoms with E-state index in [4.69, 9.17) is 5.48 Å². The Bertz CT molecular complexity index is 480. The van der Waals surface area contributed by atoms with Gasteiger partial charge >= 0.3 is 0 Å². The molecule has 3 nitrogen and oxygen atoms in total. The molecule has 0 bridgehead atoms. The minimum Gasteiger partial charge on any atom is -0.598 e. The molecule has 0 saturated carbocycles. The summed E-state index contributed by atoms with van der Waals surface area (Å²) in [6.45, 7) is 2.43. The van der Waals surface area contributed by atoms with Gasteiger partial charge in [0.05, 0.1) is 7.39 Å². The van der Waals surface area contributed by atoms with Gasteiger partial charge in [0.25, 0.3) is 0 Å². The quantitative estimate of drug-likeness (QED) is 0.690. The summed E-state index contributed by atoms with van der Waals surface area (Å²) in [7, 11) is 0. The molecule has 0 aliphatic rings. The molecule has 2 atom stereocenters. The van der Waals surface area contributed by atoms with E-state index in [1.165, 1.54) is 18.3 Å². The first-order chi connectivity index (χ1) is 8.88. The van der Waals surface area contributed by atoms with Crippen molar-refractivity contribution in [1.29, 1.82) is 0 Å². The molecule has 90 valence electrons. The van der Waals surface area contributed by atoms with Gasteiger partial charge in [0.2, 0.25) is 0 Å². The zero-order valence-corrected chi connectivity index (χ0v) is 11.8. The van der Waals surface area contributed by atoms with Crippen LogP contribution >= 0.6 is 15.9 Å². The van der Waals surface area contributed by atoms with E-state index in [0.717, 1.165) is 0 Å². The molecule has 0 aromatic carbocycles. The summed E-state index contributed by atoms with van der Waals surface area (Å²) in [6, 6.07) is 0.694. The number of hydrogen-bond donors (Lipinski definition) is 1. The Hall–Kier alpha value is -0.100. The van der Waals surface area contributed by atoms with E-state index in [9.17, 15) is 4.55 Å². The number of nitrogens with zero attached hydrogens (tertiary/aromatic N) is 1. The zero-order chi connectivity index (χ0) is 15.8. The van der Waals surface area contributed by atoms with Gasteiger partial charge in [-0.15, -0.1) is 4.72 Å². The highest BCUT2D eigenvalue weighted by Gasteiger charge is 2.28. The molecule has 1 aromatic rings. The van der Waals surface area contributed by atoms with Crippen LogP contribution in [-0.4, -0.2) is 14.3 Å². The van der Waals surface area contributed by atoms with Crippen LogP contribution < -0.4 is 4.72 Å². The average molecular weight is 309 g/mol. The van der Waals surface area contributed by atoms with E-state index in [0.29, 0.717) is 4.60 Å². The molecule has 1 N–H and O–H groups in total. The maximum absolute atomic E-state index is 12.2. The minimum absolute atomic E-state index is 0.178. The molecule has 0 amide bonds. The van der Waals surface area contributed by atoms with Gasteiger partial charge in [0.1, 0.15) is 9.35 Å². The van der Waals surface area contributed by atoms with Crippen molar-refractivity contribution >= 4 is 27.3 Å².